The molecule has 1 saturated heterocycles. The molecule has 9 heteroatoms. The van der Waals surface area contributed by atoms with Gasteiger partial charge < -0.3 is 24.3 Å². The monoisotopic (exact) mass is 545 g/mol. The summed E-state index contributed by atoms with van der Waals surface area (Å²) in [7, 11) is 1.84. The second-order valence-electron chi connectivity index (χ2n) is 7.62. The lowest BCUT2D eigenvalue weighted by Crippen LogP contribution is -2.49. The number of fused-ring (bicyclic) bond motifs is 1. The molecule has 0 saturated carbocycles. The maximum Gasteiger partial charge on any atom is 0.193 e. The molecule has 1 aromatic heterocycles. The second-order valence-corrected chi connectivity index (χ2v) is 8.02. The van der Waals surface area contributed by atoms with Crippen molar-refractivity contribution in [3.63, 3.8) is 0 Å². The fraction of sp³-hybridized carbons (Fsp3) is 0.524. The quantitative estimate of drug-likeness (QED) is 0.361. The first kappa shape index (κ1) is 23.0. The van der Waals surface area contributed by atoms with Crippen LogP contribution in [0.1, 0.15) is 24.9 Å². The summed E-state index contributed by atoms with van der Waals surface area (Å²) in [5.74, 6) is 2.93. The first-order chi connectivity index (χ1) is 14.2. The SMILES string of the molecule is CN=C(NCCc1cc(Cl)c2c(c1)OCCO2)N1CCC(C)C(n2ccnc2)C1.I. The third-order valence-electron chi connectivity index (χ3n) is 5.69. The number of aromatic nitrogens is 2. The van der Waals surface area contributed by atoms with Crippen molar-refractivity contribution in [2.75, 3.05) is 39.9 Å². The van der Waals surface area contributed by atoms with Crippen LogP contribution in [0.2, 0.25) is 5.02 Å². The minimum Gasteiger partial charge on any atom is -0.486 e. The molecule has 1 aromatic carbocycles. The van der Waals surface area contributed by atoms with Crippen LogP contribution in [-0.4, -0.2) is 60.3 Å². The van der Waals surface area contributed by atoms with Crippen LogP contribution in [0.4, 0.5) is 0 Å². The molecule has 0 radical (unpaired) electrons. The van der Waals surface area contributed by atoms with Gasteiger partial charge in [-0.15, -0.1) is 24.0 Å². The molecule has 2 aromatic rings. The van der Waals surface area contributed by atoms with Crippen LogP contribution < -0.4 is 14.8 Å². The summed E-state index contributed by atoms with van der Waals surface area (Å²) in [4.78, 5) is 11.1. The van der Waals surface area contributed by atoms with Gasteiger partial charge in [0.05, 0.1) is 17.4 Å². The van der Waals surface area contributed by atoms with E-state index in [4.69, 9.17) is 21.1 Å². The van der Waals surface area contributed by atoms with Crippen molar-refractivity contribution < 1.29 is 9.47 Å². The first-order valence-corrected chi connectivity index (χ1v) is 10.5. The van der Waals surface area contributed by atoms with Crippen molar-refractivity contribution in [3.05, 3.63) is 41.4 Å². The normalized spacial score (nSPS) is 21.2. The smallest absolute Gasteiger partial charge is 0.193 e. The minimum atomic E-state index is 0. The van der Waals surface area contributed by atoms with E-state index in [-0.39, 0.29) is 24.0 Å². The molecule has 0 aliphatic carbocycles. The molecule has 2 aliphatic rings. The number of imidazole rings is 1. The summed E-state index contributed by atoms with van der Waals surface area (Å²) in [6.45, 7) is 6.10. The van der Waals surface area contributed by atoms with E-state index in [0.717, 1.165) is 49.7 Å². The molecule has 2 unspecified atom stereocenters. The van der Waals surface area contributed by atoms with Crippen LogP contribution in [0.15, 0.2) is 35.8 Å². The number of piperidine rings is 1. The molecular weight excluding hydrogens is 517 g/mol. The molecule has 0 amide bonds. The van der Waals surface area contributed by atoms with Gasteiger partial charge in [-0.05, 0) is 36.5 Å². The maximum atomic E-state index is 6.35. The number of rotatable bonds is 4. The highest BCUT2D eigenvalue weighted by molar-refractivity contribution is 14.0. The lowest BCUT2D eigenvalue weighted by Gasteiger charge is -2.39. The molecule has 1 fully saturated rings. The molecule has 2 aliphatic heterocycles. The third kappa shape index (κ3) is 5.14. The summed E-state index contributed by atoms with van der Waals surface area (Å²) in [5.41, 5.74) is 1.12. The molecule has 4 rings (SSSR count). The molecule has 1 N–H and O–H groups in total. The summed E-state index contributed by atoms with van der Waals surface area (Å²) in [6, 6.07) is 4.38. The Balaban J connectivity index is 0.00000256. The van der Waals surface area contributed by atoms with Gasteiger partial charge in [0, 0.05) is 39.1 Å². The number of hydrogen-bond donors (Lipinski definition) is 1. The van der Waals surface area contributed by atoms with Crippen molar-refractivity contribution in [2.45, 2.75) is 25.8 Å². The minimum absolute atomic E-state index is 0. The molecule has 7 nitrogen and oxygen atoms in total. The number of nitrogens with zero attached hydrogens (tertiary/aromatic N) is 4. The van der Waals surface area contributed by atoms with Crippen LogP contribution in [-0.2, 0) is 6.42 Å². The van der Waals surface area contributed by atoms with Gasteiger partial charge in [0.25, 0.3) is 0 Å². The van der Waals surface area contributed by atoms with Gasteiger partial charge in [-0.2, -0.15) is 0 Å². The summed E-state index contributed by atoms with van der Waals surface area (Å²) >= 11 is 6.35. The lowest BCUT2D eigenvalue weighted by molar-refractivity contribution is 0.171. The van der Waals surface area contributed by atoms with Gasteiger partial charge in [-0.3, -0.25) is 4.99 Å². The summed E-state index contributed by atoms with van der Waals surface area (Å²) in [6.07, 6.45) is 7.75. The van der Waals surface area contributed by atoms with Crippen LogP contribution in [0.3, 0.4) is 0 Å². The van der Waals surface area contributed by atoms with E-state index in [0.29, 0.717) is 35.9 Å². The Morgan fingerprint density at radius 1 is 1.33 bits per heavy atom. The van der Waals surface area contributed by atoms with Gasteiger partial charge >= 0.3 is 0 Å². The Morgan fingerprint density at radius 3 is 2.93 bits per heavy atom. The lowest BCUT2D eigenvalue weighted by atomic mass is 9.93. The van der Waals surface area contributed by atoms with E-state index >= 15 is 0 Å². The van der Waals surface area contributed by atoms with Crippen molar-refractivity contribution in [1.82, 2.24) is 19.8 Å². The highest BCUT2D eigenvalue weighted by Gasteiger charge is 2.28. The van der Waals surface area contributed by atoms with Gasteiger partial charge in [-0.25, -0.2) is 4.98 Å². The highest BCUT2D eigenvalue weighted by Crippen LogP contribution is 2.38. The number of halogens is 2. The Hall–Kier alpha value is -1.68. The standard InChI is InChI=1S/C21H28ClN5O2.HI/c1-15-4-7-26(13-18(15)27-8-6-24-14-27)21(23-2)25-5-3-16-11-17(22)20-19(12-16)28-9-10-29-20;/h6,8,11-12,14-15,18H,3-5,7,9-10,13H2,1-2H3,(H,23,25);1H. The Morgan fingerprint density at radius 2 is 2.17 bits per heavy atom. The van der Waals surface area contributed by atoms with Crippen molar-refractivity contribution in [2.24, 2.45) is 10.9 Å². The third-order valence-corrected chi connectivity index (χ3v) is 5.97. The first-order valence-electron chi connectivity index (χ1n) is 10.2. The number of ether oxygens (including phenoxy) is 2. The van der Waals surface area contributed by atoms with Gasteiger partial charge in [0.1, 0.15) is 13.2 Å². The van der Waals surface area contributed by atoms with Crippen LogP contribution in [0, 0.1) is 5.92 Å². The number of benzene rings is 1. The Bertz CT molecular complexity index is 861. The number of guanidine groups is 1. The molecule has 0 bridgehead atoms. The number of likely N-dealkylation sites (tertiary alicyclic amines) is 1. The van der Waals surface area contributed by atoms with E-state index in [1.165, 1.54) is 0 Å². The molecule has 164 valence electrons. The topological polar surface area (TPSA) is 63.9 Å². The Labute approximate surface area is 199 Å². The van der Waals surface area contributed by atoms with E-state index < -0.39 is 0 Å². The van der Waals surface area contributed by atoms with E-state index in [9.17, 15) is 0 Å². The molecule has 3 heterocycles. The van der Waals surface area contributed by atoms with Crippen LogP contribution in [0.5, 0.6) is 11.5 Å². The van der Waals surface area contributed by atoms with Gasteiger partial charge in [0.2, 0.25) is 0 Å². The van der Waals surface area contributed by atoms with Crippen molar-refractivity contribution in [1.29, 1.82) is 0 Å². The van der Waals surface area contributed by atoms with E-state index in [2.05, 4.69) is 31.7 Å². The summed E-state index contributed by atoms with van der Waals surface area (Å²) < 4.78 is 13.5. The van der Waals surface area contributed by atoms with Crippen LogP contribution in [0.25, 0.3) is 0 Å². The van der Waals surface area contributed by atoms with Gasteiger partial charge in [0.15, 0.2) is 17.5 Å². The average molecular weight is 546 g/mol. The van der Waals surface area contributed by atoms with E-state index in [1.807, 2.05) is 37.9 Å². The molecule has 0 spiro atoms. The second kappa shape index (κ2) is 10.6. The Kier molecular flexibility index (Phi) is 8.10. The largest absolute Gasteiger partial charge is 0.486 e. The predicted molar refractivity (Wildman–Crippen MR) is 130 cm³/mol. The fourth-order valence-electron chi connectivity index (χ4n) is 4.05. The predicted octanol–water partition coefficient (Wildman–Crippen LogP) is 3.63. The molecular formula is C21H29ClIN5O2. The average Bonchev–Trinajstić information content (AvgIpc) is 3.27. The van der Waals surface area contributed by atoms with E-state index in [1.54, 1.807) is 0 Å². The maximum absolute atomic E-state index is 6.35. The highest BCUT2D eigenvalue weighted by atomic mass is 127. The summed E-state index contributed by atoms with van der Waals surface area (Å²) in [5, 5.41) is 4.11. The fourth-order valence-corrected chi connectivity index (χ4v) is 4.34. The van der Waals surface area contributed by atoms with Crippen LogP contribution >= 0.6 is 35.6 Å². The number of nitrogens with one attached hydrogen (secondary N) is 1. The molecule has 2 atom stereocenters. The van der Waals surface area contributed by atoms with Crippen molar-refractivity contribution in [3.8, 4) is 11.5 Å². The zero-order valence-corrected chi connectivity index (χ0v) is 20.5. The number of hydrogen-bond acceptors (Lipinski definition) is 4. The number of aliphatic imine (C=N–C) groups is 1. The molecule has 30 heavy (non-hydrogen) atoms. The van der Waals surface area contributed by atoms with Crippen molar-refractivity contribution >= 4 is 41.5 Å². The zero-order valence-electron chi connectivity index (χ0n) is 17.4. The van der Waals surface area contributed by atoms with Gasteiger partial charge in [-0.1, -0.05) is 18.5 Å². The zero-order chi connectivity index (χ0) is 20.2.